The van der Waals surface area contributed by atoms with E-state index in [4.69, 9.17) is 0 Å². The highest BCUT2D eigenvalue weighted by atomic mass is 28.3. The van der Waals surface area contributed by atoms with Crippen LogP contribution in [0.15, 0.2) is 18.5 Å². The zero-order valence-corrected chi connectivity index (χ0v) is 9.68. The number of aryl methyl sites for hydroxylation is 1. The Morgan fingerprint density at radius 3 is 2.54 bits per heavy atom. The molecule has 0 unspecified atom stereocenters. The van der Waals surface area contributed by atoms with Gasteiger partial charge in [0.25, 0.3) is 0 Å². The van der Waals surface area contributed by atoms with Crippen molar-refractivity contribution in [2.45, 2.75) is 26.6 Å². The van der Waals surface area contributed by atoms with Crippen molar-refractivity contribution >= 4 is 8.07 Å². The number of hydrogen-bond donors (Lipinski definition) is 0. The van der Waals surface area contributed by atoms with Crippen LogP contribution in [0.5, 0.6) is 0 Å². The van der Waals surface area contributed by atoms with Gasteiger partial charge in [-0.15, -0.1) is 5.54 Å². The van der Waals surface area contributed by atoms with E-state index in [-0.39, 0.29) is 0 Å². The van der Waals surface area contributed by atoms with Gasteiger partial charge in [0.2, 0.25) is 0 Å². The lowest BCUT2D eigenvalue weighted by molar-refractivity contribution is 1.25. The molecule has 0 saturated carbocycles. The van der Waals surface area contributed by atoms with Crippen molar-refractivity contribution in [3.8, 4) is 11.5 Å². The maximum absolute atomic E-state index is 4.03. The van der Waals surface area contributed by atoms with Crippen molar-refractivity contribution in [1.82, 2.24) is 4.98 Å². The number of nitrogens with zero attached hydrogens (tertiary/aromatic N) is 1. The molecule has 0 aliphatic carbocycles. The maximum atomic E-state index is 4.03. The molecule has 13 heavy (non-hydrogen) atoms. The average Bonchev–Trinajstić information content (AvgIpc) is 2.01. The molecule has 0 bridgehead atoms. The van der Waals surface area contributed by atoms with E-state index in [1.807, 2.05) is 19.2 Å². The molecule has 0 aliphatic rings. The van der Waals surface area contributed by atoms with E-state index < -0.39 is 8.07 Å². The van der Waals surface area contributed by atoms with Crippen LogP contribution in [0.25, 0.3) is 0 Å². The number of aromatic nitrogens is 1. The molecule has 1 aromatic rings. The number of pyridine rings is 1. The molecule has 0 atom stereocenters. The molecular weight excluding hydrogens is 174 g/mol. The van der Waals surface area contributed by atoms with Crippen molar-refractivity contribution in [1.29, 1.82) is 0 Å². The zero-order chi connectivity index (χ0) is 9.90. The van der Waals surface area contributed by atoms with Crippen LogP contribution in [-0.2, 0) is 0 Å². The minimum Gasteiger partial charge on any atom is -0.264 e. The summed E-state index contributed by atoms with van der Waals surface area (Å²) in [4.78, 5) is 4.03. The lowest BCUT2D eigenvalue weighted by atomic mass is 10.2. The van der Waals surface area contributed by atoms with Crippen LogP contribution in [-0.4, -0.2) is 13.1 Å². The molecule has 0 aromatic carbocycles. The highest BCUT2D eigenvalue weighted by Crippen LogP contribution is 2.04. The predicted molar refractivity (Wildman–Crippen MR) is 59.2 cm³/mol. The van der Waals surface area contributed by atoms with Gasteiger partial charge in [0, 0.05) is 18.0 Å². The Balaban J connectivity index is 2.97. The van der Waals surface area contributed by atoms with Gasteiger partial charge in [-0.25, -0.2) is 0 Å². The van der Waals surface area contributed by atoms with Gasteiger partial charge in [0.05, 0.1) is 0 Å². The normalized spacial score (nSPS) is 10.5. The summed E-state index contributed by atoms with van der Waals surface area (Å²) in [5.41, 5.74) is 5.61. The largest absolute Gasteiger partial charge is 0.264 e. The minimum atomic E-state index is -1.24. The Hall–Kier alpha value is -1.07. The fourth-order valence-corrected chi connectivity index (χ4v) is 1.38. The summed E-state index contributed by atoms with van der Waals surface area (Å²) in [6, 6.07) is 1.97. The number of rotatable bonds is 0. The second kappa shape index (κ2) is 3.76. The predicted octanol–water partition coefficient (Wildman–Crippen LogP) is 2.62. The van der Waals surface area contributed by atoms with E-state index in [1.54, 1.807) is 6.20 Å². The van der Waals surface area contributed by atoms with E-state index in [0.717, 1.165) is 11.1 Å². The van der Waals surface area contributed by atoms with Gasteiger partial charge in [-0.1, -0.05) is 25.6 Å². The molecule has 0 fully saturated rings. The molecule has 0 N–H and O–H groups in total. The first-order valence-electron chi connectivity index (χ1n) is 4.43. The van der Waals surface area contributed by atoms with Crippen molar-refractivity contribution < 1.29 is 0 Å². The van der Waals surface area contributed by atoms with Gasteiger partial charge in [0.15, 0.2) is 0 Å². The van der Waals surface area contributed by atoms with Gasteiger partial charge < -0.3 is 0 Å². The van der Waals surface area contributed by atoms with Crippen LogP contribution in [0.3, 0.4) is 0 Å². The first-order chi connectivity index (χ1) is 5.99. The Morgan fingerprint density at radius 1 is 1.31 bits per heavy atom. The zero-order valence-electron chi connectivity index (χ0n) is 8.68. The number of hydrogen-bond acceptors (Lipinski definition) is 1. The highest BCUT2D eigenvalue weighted by Gasteiger charge is 2.07. The molecule has 2 heteroatoms. The topological polar surface area (TPSA) is 12.9 Å². The quantitative estimate of drug-likeness (QED) is 0.451. The van der Waals surface area contributed by atoms with Crippen LogP contribution in [0.1, 0.15) is 11.1 Å². The summed E-state index contributed by atoms with van der Waals surface area (Å²) in [5, 5.41) is 0. The average molecular weight is 189 g/mol. The van der Waals surface area contributed by atoms with E-state index in [9.17, 15) is 0 Å². The van der Waals surface area contributed by atoms with E-state index >= 15 is 0 Å². The summed E-state index contributed by atoms with van der Waals surface area (Å²) in [5.74, 6) is 3.22. The molecule has 68 valence electrons. The molecule has 0 saturated heterocycles. The van der Waals surface area contributed by atoms with Crippen LogP contribution in [0, 0.1) is 18.4 Å². The molecule has 0 amide bonds. The van der Waals surface area contributed by atoms with Gasteiger partial charge in [-0.2, -0.15) is 0 Å². The third kappa shape index (κ3) is 3.43. The molecule has 0 spiro atoms. The van der Waals surface area contributed by atoms with E-state index in [1.165, 1.54) is 0 Å². The Bertz CT molecular complexity index is 352. The molecule has 1 nitrogen and oxygen atoms in total. The van der Waals surface area contributed by atoms with Crippen LogP contribution >= 0.6 is 0 Å². The maximum Gasteiger partial charge on any atom is 0.129 e. The molecular formula is C11H15NSi. The van der Waals surface area contributed by atoms with Gasteiger partial charge in [-0.05, 0) is 18.6 Å². The van der Waals surface area contributed by atoms with Crippen LogP contribution in [0.4, 0.5) is 0 Å². The summed E-state index contributed by atoms with van der Waals surface area (Å²) in [7, 11) is -1.24. The smallest absolute Gasteiger partial charge is 0.129 e. The monoisotopic (exact) mass is 189 g/mol. The fraction of sp³-hybridized carbons (Fsp3) is 0.364. The molecule has 0 radical (unpaired) electrons. The second-order valence-electron chi connectivity index (χ2n) is 4.19. The lowest BCUT2D eigenvalue weighted by Gasteiger charge is -2.03. The van der Waals surface area contributed by atoms with Crippen molar-refractivity contribution in [2.24, 2.45) is 0 Å². The molecule has 1 aromatic heterocycles. The first-order valence-corrected chi connectivity index (χ1v) is 7.93. The molecule has 1 heterocycles. The minimum absolute atomic E-state index is 1.11. The van der Waals surface area contributed by atoms with Gasteiger partial charge in [0.1, 0.15) is 8.07 Å². The Kier molecular flexibility index (Phi) is 2.89. The standard InChI is InChI=1S/C11H15NSi/c1-10-9-12-7-5-11(10)6-8-13(2,3)4/h5,7,9H,1-4H3. The highest BCUT2D eigenvalue weighted by molar-refractivity contribution is 6.83. The van der Waals surface area contributed by atoms with Crippen LogP contribution in [0.2, 0.25) is 19.6 Å². The Labute approximate surface area is 81.2 Å². The van der Waals surface area contributed by atoms with Crippen molar-refractivity contribution in [3.05, 3.63) is 29.6 Å². The van der Waals surface area contributed by atoms with Crippen molar-refractivity contribution in [2.75, 3.05) is 0 Å². The van der Waals surface area contributed by atoms with Gasteiger partial charge >= 0.3 is 0 Å². The molecule has 1 rings (SSSR count). The van der Waals surface area contributed by atoms with Gasteiger partial charge in [-0.3, -0.25) is 4.98 Å². The Morgan fingerprint density at radius 2 is 2.00 bits per heavy atom. The SMILES string of the molecule is Cc1cnccc1C#C[Si](C)(C)C. The summed E-state index contributed by atoms with van der Waals surface area (Å²) >= 11 is 0. The van der Waals surface area contributed by atoms with Crippen molar-refractivity contribution in [3.63, 3.8) is 0 Å². The third-order valence-electron chi connectivity index (χ3n) is 1.59. The summed E-state index contributed by atoms with van der Waals surface area (Å²) in [6.07, 6.45) is 3.65. The fourth-order valence-electron chi connectivity index (χ4n) is 0.868. The van der Waals surface area contributed by atoms with E-state index in [2.05, 4.69) is 36.1 Å². The molecule has 0 aliphatic heterocycles. The lowest BCUT2D eigenvalue weighted by Crippen LogP contribution is -2.16. The van der Waals surface area contributed by atoms with Crippen LogP contribution < -0.4 is 0 Å². The van der Waals surface area contributed by atoms with E-state index in [0.29, 0.717) is 0 Å². The first kappa shape index (κ1) is 10.0. The third-order valence-corrected chi connectivity index (χ3v) is 2.47. The second-order valence-corrected chi connectivity index (χ2v) is 8.94. The summed E-state index contributed by atoms with van der Waals surface area (Å²) < 4.78 is 0. The summed E-state index contributed by atoms with van der Waals surface area (Å²) in [6.45, 7) is 8.78.